The summed E-state index contributed by atoms with van der Waals surface area (Å²) in [5.74, 6) is 1.33. The smallest absolute Gasteiger partial charge is 0.231 e. The quantitative estimate of drug-likeness (QED) is 0.383. The summed E-state index contributed by atoms with van der Waals surface area (Å²) in [6.45, 7) is 2.63. The van der Waals surface area contributed by atoms with Crippen LogP contribution in [0.5, 0.6) is 0 Å². The van der Waals surface area contributed by atoms with Crippen molar-refractivity contribution in [3.05, 3.63) is 60.7 Å². The largest absolute Gasteiger partial charge is 0.378 e. The van der Waals surface area contributed by atoms with Crippen LogP contribution in [0.4, 0.5) is 23.1 Å². The fraction of sp³-hybridized carbons (Fsp3) is 0.320. The molecule has 4 aromatic rings. The number of nitrogens with zero attached hydrogens (tertiary/aromatic N) is 7. The summed E-state index contributed by atoms with van der Waals surface area (Å²) in [5, 5.41) is 6.74. The number of amides is 1. The minimum atomic E-state index is 0.214. The molecule has 0 saturated carbocycles. The van der Waals surface area contributed by atoms with Crippen molar-refractivity contribution in [3.8, 4) is 0 Å². The molecule has 0 bridgehead atoms. The highest BCUT2D eigenvalue weighted by atomic mass is 16.2. The summed E-state index contributed by atoms with van der Waals surface area (Å²) in [5.41, 5.74) is 4.41. The van der Waals surface area contributed by atoms with E-state index in [0.717, 1.165) is 29.9 Å². The number of hydrogen-bond acceptors (Lipinski definition) is 8. The van der Waals surface area contributed by atoms with E-state index in [-0.39, 0.29) is 5.91 Å². The first kappa shape index (κ1) is 22.6. The van der Waals surface area contributed by atoms with E-state index in [4.69, 9.17) is 9.97 Å². The zero-order valence-electron chi connectivity index (χ0n) is 20.0. The number of anilines is 4. The molecule has 1 aliphatic rings. The summed E-state index contributed by atoms with van der Waals surface area (Å²) in [4.78, 5) is 34.3. The van der Waals surface area contributed by atoms with Gasteiger partial charge in [-0.05, 0) is 36.2 Å². The third-order valence-electron chi connectivity index (χ3n) is 6.05. The standard InChI is InChI=1S/C25H29N9O/c1-32(2)20-8-3-7-19(14-20)29-25-30-23(27-16-18-6-4-10-26-15-18)22-24(31-25)34(17-28-22)13-12-33-11-5-9-21(33)35/h3-4,6-8,10,14-15,17H,5,9,11-13,16H2,1-2H3,(H2,27,29,30,31). The van der Waals surface area contributed by atoms with Gasteiger partial charge in [-0.3, -0.25) is 9.78 Å². The van der Waals surface area contributed by atoms with Crippen molar-refractivity contribution in [1.82, 2.24) is 29.4 Å². The average molecular weight is 472 g/mol. The van der Waals surface area contributed by atoms with Crippen LogP contribution in [-0.4, -0.2) is 62.5 Å². The molecule has 1 saturated heterocycles. The highest BCUT2D eigenvalue weighted by molar-refractivity contribution is 5.85. The fourth-order valence-electron chi connectivity index (χ4n) is 4.14. The maximum atomic E-state index is 12.1. The molecule has 1 fully saturated rings. The van der Waals surface area contributed by atoms with Crippen LogP contribution in [0, 0.1) is 0 Å². The van der Waals surface area contributed by atoms with Crippen molar-refractivity contribution in [1.29, 1.82) is 0 Å². The van der Waals surface area contributed by atoms with Gasteiger partial charge in [-0.1, -0.05) is 12.1 Å². The molecule has 1 aliphatic heterocycles. The number of carbonyl (C=O) groups is 1. The molecule has 4 heterocycles. The number of carbonyl (C=O) groups excluding carboxylic acids is 1. The Morgan fingerprint density at radius 2 is 2.03 bits per heavy atom. The number of likely N-dealkylation sites (tertiary alicyclic amines) is 1. The van der Waals surface area contributed by atoms with Crippen LogP contribution in [0.2, 0.25) is 0 Å². The van der Waals surface area contributed by atoms with Crippen LogP contribution >= 0.6 is 0 Å². The van der Waals surface area contributed by atoms with E-state index in [1.165, 1.54) is 0 Å². The zero-order chi connectivity index (χ0) is 24.2. The van der Waals surface area contributed by atoms with E-state index in [9.17, 15) is 4.79 Å². The minimum Gasteiger partial charge on any atom is -0.378 e. The van der Waals surface area contributed by atoms with Gasteiger partial charge in [0.15, 0.2) is 17.0 Å². The molecule has 0 unspecified atom stereocenters. The van der Waals surface area contributed by atoms with E-state index in [2.05, 4.69) is 20.6 Å². The van der Waals surface area contributed by atoms with Crippen LogP contribution in [0.3, 0.4) is 0 Å². The van der Waals surface area contributed by atoms with E-state index in [1.54, 1.807) is 12.5 Å². The Hall–Kier alpha value is -4.21. The molecule has 10 heteroatoms. The first-order valence-electron chi connectivity index (χ1n) is 11.7. The van der Waals surface area contributed by atoms with Crippen LogP contribution < -0.4 is 15.5 Å². The van der Waals surface area contributed by atoms with Gasteiger partial charge >= 0.3 is 0 Å². The summed E-state index contributed by atoms with van der Waals surface area (Å²) >= 11 is 0. The van der Waals surface area contributed by atoms with Crippen molar-refractivity contribution in [2.75, 3.05) is 42.7 Å². The Bertz CT molecular complexity index is 1320. The van der Waals surface area contributed by atoms with E-state index in [0.29, 0.717) is 49.0 Å². The molecule has 10 nitrogen and oxygen atoms in total. The molecule has 0 atom stereocenters. The molecule has 0 spiro atoms. The second-order valence-electron chi connectivity index (χ2n) is 8.77. The zero-order valence-corrected chi connectivity index (χ0v) is 20.0. The first-order valence-corrected chi connectivity index (χ1v) is 11.7. The second-order valence-corrected chi connectivity index (χ2v) is 8.77. The molecule has 35 heavy (non-hydrogen) atoms. The predicted octanol–water partition coefficient (Wildman–Crippen LogP) is 3.27. The Kier molecular flexibility index (Phi) is 6.42. The molecule has 180 valence electrons. The number of fused-ring (bicyclic) bond motifs is 1. The molecule has 3 aromatic heterocycles. The van der Waals surface area contributed by atoms with Crippen LogP contribution in [0.15, 0.2) is 55.1 Å². The predicted molar refractivity (Wildman–Crippen MR) is 137 cm³/mol. The van der Waals surface area contributed by atoms with Gasteiger partial charge in [-0.15, -0.1) is 0 Å². The first-order chi connectivity index (χ1) is 17.1. The number of hydrogen-bond donors (Lipinski definition) is 2. The van der Waals surface area contributed by atoms with Crippen LogP contribution in [-0.2, 0) is 17.9 Å². The fourth-order valence-corrected chi connectivity index (χ4v) is 4.14. The van der Waals surface area contributed by atoms with Gasteiger partial charge < -0.3 is 25.0 Å². The highest BCUT2D eigenvalue weighted by Gasteiger charge is 2.20. The number of pyridine rings is 1. The average Bonchev–Trinajstić information content (AvgIpc) is 3.47. The Morgan fingerprint density at radius 1 is 1.11 bits per heavy atom. The lowest BCUT2D eigenvalue weighted by Crippen LogP contribution is -2.28. The molecular weight excluding hydrogens is 442 g/mol. The number of benzene rings is 1. The Morgan fingerprint density at radius 3 is 2.80 bits per heavy atom. The summed E-state index contributed by atoms with van der Waals surface area (Å²) in [6.07, 6.45) is 6.90. The number of aromatic nitrogens is 5. The Balaban J connectivity index is 1.45. The SMILES string of the molecule is CN(C)c1cccc(Nc2nc(NCc3cccnc3)c3ncn(CCN4CCCC4=O)c3n2)c1. The highest BCUT2D eigenvalue weighted by Crippen LogP contribution is 2.25. The van der Waals surface area contributed by atoms with E-state index in [1.807, 2.05) is 71.1 Å². The van der Waals surface area contributed by atoms with Gasteiger partial charge in [-0.2, -0.15) is 9.97 Å². The third kappa shape index (κ3) is 5.16. The van der Waals surface area contributed by atoms with Crippen molar-refractivity contribution in [2.24, 2.45) is 0 Å². The van der Waals surface area contributed by atoms with Gasteiger partial charge in [0, 0.05) is 70.5 Å². The maximum Gasteiger partial charge on any atom is 0.231 e. The van der Waals surface area contributed by atoms with Gasteiger partial charge in [0.05, 0.1) is 6.33 Å². The lowest BCUT2D eigenvalue weighted by atomic mass is 10.2. The second kappa shape index (κ2) is 9.96. The molecular formula is C25H29N9O. The third-order valence-corrected chi connectivity index (χ3v) is 6.05. The van der Waals surface area contributed by atoms with Crippen LogP contribution in [0.1, 0.15) is 18.4 Å². The monoisotopic (exact) mass is 471 g/mol. The summed E-state index contributed by atoms with van der Waals surface area (Å²) < 4.78 is 1.99. The topological polar surface area (TPSA) is 104 Å². The Labute approximate surface area is 204 Å². The van der Waals surface area contributed by atoms with Gasteiger partial charge in [0.2, 0.25) is 11.9 Å². The minimum absolute atomic E-state index is 0.214. The van der Waals surface area contributed by atoms with E-state index < -0.39 is 0 Å². The molecule has 5 rings (SSSR count). The lowest BCUT2D eigenvalue weighted by molar-refractivity contribution is -0.127. The van der Waals surface area contributed by atoms with Crippen molar-refractivity contribution < 1.29 is 4.79 Å². The van der Waals surface area contributed by atoms with E-state index >= 15 is 0 Å². The number of imidazole rings is 1. The molecule has 1 amide bonds. The van der Waals surface area contributed by atoms with Gasteiger partial charge in [0.1, 0.15) is 0 Å². The van der Waals surface area contributed by atoms with Crippen molar-refractivity contribution in [3.63, 3.8) is 0 Å². The molecule has 0 aliphatic carbocycles. The van der Waals surface area contributed by atoms with Crippen molar-refractivity contribution >= 4 is 40.2 Å². The molecule has 1 aromatic carbocycles. The number of nitrogens with one attached hydrogen (secondary N) is 2. The molecule has 0 radical (unpaired) electrons. The lowest BCUT2D eigenvalue weighted by Gasteiger charge is -2.16. The summed E-state index contributed by atoms with van der Waals surface area (Å²) in [6, 6.07) is 12.0. The van der Waals surface area contributed by atoms with Gasteiger partial charge in [-0.25, -0.2) is 4.98 Å². The van der Waals surface area contributed by atoms with Crippen LogP contribution in [0.25, 0.3) is 11.2 Å². The molecule has 2 N–H and O–H groups in total. The summed E-state index contributed by atoms with van der Waals surface area (Å²) in [7, 11) is 4.01. The van der Waals surface area contributed by atoms with Crippen molar-refractivity contribution in [2.45, 2.75) is 25.9 Å². The normalized spacial score (nSPS) is 13.4. The number of rotatable bonds is 9. The maximum absolute atomic E-state index is 12.1. The van der Waals surface area contributed by atoms with Gasteiger partial charge in [0.25, 0.3) is 0 Å².